The summed E-state index contributed by atoms with van der Waals surface area (Å²) in [5.41, 5.74) is 0. The van der Waals surface area contributed by atoms with E-state index in [1.165, 1.54) is 128 Å². The summed E-state index contributed by atoms with van der Waals surface area (Å²) in [7, 11) is -9.81. The van der Waals surface area contributed by atoms with Crippen LogP contribution in [0.1, 0.15) is 355 Å². The van der Waals surface area contributed by atoms with Crippen LogP contribution in [0.15, 0.2) is 146 Å². The number of hydrogen-bond donors (Lipinski definition) is 4. The number of aliphatic hydroxyl groups excluding tert-OH is 2. The van der Waals surface area contributed by atoms with Crippen LogP contribution in [0.2, 0.25) is 0 Å². The zero-order valence-electron chi connectivity index (χ0n) is 68.7. The van der Waals surface area contributed by atoms with E-state index in [1.54, 1.807) is 0 Å². The number of unbranched alkanes of at least 4 members (excludes halogenated alkanes) is 34. The number of phosphoric ester groups is 2. The van der Waals surface area contributed by atoms with Gasteiger partial charge in [-0.2, -0.15) is 0 Å². The molecule has 0 fully saturated rings. The van der Waals surface area contributed by atoms with Gasteiger partial charge in [0.15, 0.2) is 6.10 Å². The first-order valence-corrected chi connectivity index (χ1v) is 46.1. The van der Waals surface area contributed by atoms with Crippen molar-refractivity contribution in [2.45, 2.75) is 373 Å². The first kappa shape index (κ1) is 104. The molecule has 0 aromatic carbocycles. The lowest BCUT2D eigenvalue weighted by atomic mass is 10.0. The molecule has 0 spiro atoms. The standard InChI is InChI=1S/C91H156O16P2/c1-4-7-10-13-16-19-22-25-28-30-32-34-36-37-38-39-40-41-42-43-44-45-46-47-49-51-52-54-57-59-62-65-68-71-74-77-89(94)101-80-86(92)81-103-108(97,98)104-82-87(93)83-105-109(99,100)106-85-88(107-91(96)79-76-73-70-67-64-61-56-27-24-21-18-15-12-9-6-3)84-102-90(95)78-75-72-69-66-63-60-58-55-53-50-48-35-33-31-29-26-23-20-17-14-11-8-5-2/h7,9-10,12,16-21,25-29,32-35,37-38,50,53,56,86-88,92-93H,4-6,8,11,13-15,22-24,30-31,36,39-49,51-52,54-55,57-85H2,1-3H3,(H,97,98)(H,99,100)/b10-7-,12-9-,19-16-,20-17-,21-18-,28-25-,29-26-,34-32-,35-33-,38-37-,53-50-,56-27-. The zero-order chi connectivity index (χ0) is 79.4. The molecular weight excluding hydrogens is 1410 g/mol. The Kier molecular flexibility index (Phi) is 79.4. The molecule has 16 nitrogen and oxygen atoms in total. The topological polar surface area (TPSA) is 231 Å². The van der Waals surface area contributed by atoms with Crippen LogP contribution in [0.5, 0.6) is 0 Å². The first-order chi connectivity index (χ1) is 53.2. The molecule has 5 atom stereocenters. The number of rotatable bonds is 81. The highest BCUT2D eigenvalue weighted by Crippen LogP contribution is 2.45. The lowest BCUT2D eigenvalue weighted by molar-refractivity contribution is -0.161. The first-order valence-electron chi connectivity index (χ1n) is 43.1. The van der Waals surface area contributed by atoms with Crippen LogP contribution < -0.4 is 0 Å². The molecule has 0 aromatic heterocycles. The van der Waals surface area contributed by atoms with Gasteiger partial charge in [0, 0.05) is 19.3 Å². The third kappa shape index (κ3) is 84.2. The molecule has 0 saturated heterocycles. The van der Waals surface area contributed by atoms with E-state index in [0.29, 0.717) is 19.3 Å². The predicted molar refractivity (Wildman–Crippen MR) is 454 cm³/mol. The molecule has 0 aliphatic rings. The van der Waals surface area contributed by atoms with E-state index in [9.17, 15) is 43.5 Å². The third-order valence-corrected chi connectivity index (χ3v) is 19.9. The van der Waals surface area contributed by atoms with Crippen molar-refractivity contribution >= 4 is 33.6 Å². The molecular formula is C91H156O16P2. The highest BCUT2D eigenvalue weighted by molar-refractivity contribution is 7.47. The highest BCUT2D eigenvalue weighted by Gasteiger charge is 2.29. The van der Waals surface area contributed by atoms with Gasteiger partial charge in [-0.3, -0.25) is 32.5 Å². The van der Waals surface area contributed by atoms with E-state index in [-0.39, 0.29) is 19.3 Å². The van der Waals surface area contributed by atoms with Gasteiger partial charge in [0.2, 0.25) is 0 Å². The Morgan fingerprint density at radius 3 is 0.771 bits per heavy atom. The molecule has 4 N–H and O–H groups in total. The SMILES string of the molecule is CC/C=C\C/C=C\C/C=C\C/C=C\C/C=C\CCCCCCCCCCCCCCCCCCCCCC(=O)OCC(O)COP(=O)(O)OCC(O)COP(=O)(O)OCC(COC(=O)CCCCCCCCC/C=C\C/C=C\C/C=C\C/C=C\CCCCC)OC(=O)CCCCCCC/C=C\C/C=C\C/C=C\CC. The predicted octanol–water partition coefficient (Wildman–Crippen LogP) is 26.0. The molecule has 626 valence electrons. The highest BCUT2D eigenvalue weighted by atomic mass is 31.2. The van der Waals surface area contributed by atoms with Gasteiger partial charge in [-0.05, 0) is 141 Å². The maximum atomic E-state index is 13.0. The maximum absolute atomic E-state index is 13.0. The number of phosphoric acid groups is 2. The summed E-state index contributed by atoms with van der Waals surface area (Å²) in [6.45, 7) is 2.42. The Labute approximate surface area is 664 Å². The molecule has 0 saturated carbocycles. The Hall–Kier alpha value is -4.57. The van der Waals surface area contributed by atoms with Gasteiger partial charge in [0.1, 0.15) is 25.4 Å². The summed E-state index contributed by atoms with van der Waals surface area (Å²) in [5.74, 6) is -1.60. The molecule has 5 unspecified atom stereocenters. The average molecular weight is 1570 g/mol. The molecule has 0 aromatic rings. The quantitative estimate of drug-likeness (QED) is 0.0146. The lowest BCUT2D eigenvalue weighted by Gasteiger charge is -2.21. The van der Waals surface area contributed by atoms with Gasteiger partial charge in [0.05, 0.1) is 26.4 Å². The fourth-order valence-corrected chi connectivity index (χ4v) is 13.1. The van der Waals surface area contributed by atoms with Gasteiger partial charge < -0.3 is 34.2 Å². The Bertz CT molecular complexity index is 2560. The summed E-state index contributed by atoms with van der Waals surface area (Å²) in [6.07, 6.45) is 103. The number of aliphatic hydroxyl groups is 2. The van der Waals surface area contributed by atoms with Crippen molar-refractivity contribution in [2.75, 3.05) is 39.6 Å². The van der Waals surface area contributed by atoms with Gasteiger partial charge >= 0.3 is 33.6 Å². The number of carbonyl (C=O) groups is 3. The van der Waals surface area contributed by atoms with Crippen LogP contribution in [0.4, 0.5) is 0 Å². The minimum atomic E-state index is -4.94. The van der Waals surface area contributed by atoms with Crippen molar-refractivity contribution in [3.63, 3.8) is 0 Å². The van der Waals surface area contributed by atoms with E-state index >= 15 is 0 Å². The monoisotopic (exact) mass is 1570 g/mol. The van der Waals surface area contributed by atoms with Crippen LogP contribution in [0, 0.1) is 0 Å². The van der Waals surface area contributed by atoms with Crippen LogP contribution in [-0.2, 0) is 55.8 Å². The Morgan fingerprint density at radius 2 is 0.486 bits per heavy atom. The molecule has 0 rings (SSSR count). The second kappa shape index (κ2) is 82.9. The van der Waals surface area contributed by atoms with E-state index in [4.69, 9.17) is 32.3 Å². The van der Waals surface area contributed by atoms with Gasteiger partial charge in [-0.25, -0.2) is 9.13 Å². The minimum Gasteiger partial charge on any atom is -0.463 e. The van der Waals surface area contributed by atoms with Crippen molar-refractivity contribution < 1.29 is 75.8 Å². The molecule has 109 heavy (non-hydrogen) atoms. The fraction of sp³-hybridized carbons (Fsp3) is 0.703. The minimum absolute atomic E-state index is 0.0799. The number of esters is 3. The number of hydrogen-bond acceptors (Lipinski definition) is 14. The molecule has 0 aliphatic heterocycles. The van der Waals surface area contributed by atoms with Crippen LogP contribution in [0.3, 0.4) is 0 Å². The number of allylic oxidation sites excluding steroid dienone is 24. The summed E-state index contributed by atoms with van der Waals surface area (Å²) < 4.78 is 61.2. The van der Waals surface area contributed by atoms with Crippen molar-refractivity contribution in [3.05, 3.63) is 146 Å². The van der Waals surface area contributed by atoms with E-state index in [1.807, 2.05) is 0 Å². The molecule has 0 bridgehead atoms. The normalized spacial score (nSPS) is 14.6. The molecule has 0 amide bonds. The van der Waals surface area contributed by atoms with Crippen LogP contribution in [-0.4, -0.2) is 95.9 Å². The second-order valence-corrected chi connectivity index (χ2v) is 31.5. The summed E-state index contributed by atoms with van der Waals surface area (Å²) in [6, 6.07) is 0. The Balaban J connectivity index is 4.43. The zero-order valence-corrected chi connectivity index (χ0v) is 70.5. The van der Waals surface area contributed by atoms with Gasteiger partial charge in [-0.15, -0.1) is 0 Å². The molecule has 0 radical (unpaired) electrons. The van der Waals surface area contributed by atoms with Crippen molar-refractivity contribution in [1.82, 2.24) is 0 Å². The molecule has 18 heteroatoms. The second-order valence-electron chi connectivity index (χ2n) is 28.6. The largest absolute Gasteiger partial charge is 0.472 e. The summed E-state index contributed by atoms with van der Waals surface area (Å²) >= 11 is 0. The lowest BCUT2D eigenvalue weighted by Crippen LogP contribution is -2.30. The molecule has 0 heterocycles. The van der Waals surface area contributed by atoms with Gasteiger partial charge in [0.25, 0.3) is 0 Å². The summed E-state index contributed by atoms with van der Waals surface area (Å²) in [5, 5.41) is 20.7. The van der Waals surface area contributed by atoms with Gasteiger partial charge in [-0.1, -0.05) is 340 Å². The van der Waals surface area contributed by atoms with Crippen molar-refractivity contribution in [1.29, 1.82) is 0 Å². The van der Waals surface area contributed by atoms with E-state index in [0.717, 1.165) is 167 Å². The third-order valence-electron chi connectivity index (χ3n) is 18.0. The van der Waals surface area contributed by atoms with Crippen LogP contribution in [0.25, 0.3) is 0 Å². The average Bonchev–Trinajstić information content (AvgIpc) is 0.902. The number of ether oxygens (including phenoxy) is 3. The maximum Gasteiger partial charge on any atom is 0.472 e. The van der Waals surface area contributed by atoms with Crippen LogP contribution >= 0.6 is 15.6 Å². The molecule has 0 aliphatic carbocycles. The van der Waals surface area contributed by atoms with E-state index in [2.05, 4.69) is 167 Å². The summed E-state index contributed by atoms with van der Waals surface area (Å²) in [4.78, 5) is 58.8. The smallest absolute Gasteiger partial charge is 0.463 e. The Morgan fingerprint density at radius 1 is 0.266 bits per heavy atom. The van der Waals surface area contributed by atoms with E-state index < -0.39 is 91.5 Å². The fourth-order valence-electron chi connectivity index (χ4n) is 11.5. The van der Waals surface area contributed by atoms with Crippen molar-refractivity contribution in [3.8, 4) is 0 Å². The van der Waals surface area contributed by atoms with Crippen molar-refractivity contribution in [2.24, 2.45) is 0 Å². The number of carbonyl (C=O) groups excluding carboxylic acids is 3.